The highest BCUT2D eigenvalue weighted by atomic mass is 16.2. The molecule has 1 atom stereocenters. The second-order valence-corrected chi connectivity index (χ2v) is 4.93. The number of nitrogens with one attached hydrogen (secondary N) is 1. The highest BCUT2D eigenvalue weighted by Gasteiger charge is 2.43. The van der Waals surface area contributed by atoms with Crippen LogP contribution in [-0.2, 0) is 4.79 Å². The molecule has 1 N–H and O–H groups in total. The first kappa shape index (κ1) is 13.3. The van der Waals surface area contributed by atoms with Gasteiger partial charge in [-0.15, -0.1) is 10.1 Å². The van der Waals surface area contributed by atoms with Crippen molar-refractivity contribution in [2.45, 2.75) is 12.5 Å². The Morgan fingerprint density at radius 3 is 2.33 bits per heavy atom. The number of nitrogens with zero attached hydrogens (tertiary/aromatic N) is 1. The van der Waals surface area contributed by atoms with E-state index in [1.165, 1.54) is 5.56 Å². The summed E-state index contributed by atoms with van der Waals surface area (Å²) in [6, 6.07) is 19.8. The Balaban J connectivity index is 1.64. The molecule has 0 aliphatic carbocycles. The number of carbonyl (C=O) groups excluding carboxylic acids is 1. The summed E-state index contributed by atoms with van der Waals surface area (Å²) in [5.41, 5.74) is 4.99. The second-order valence-electron chi connectivity index (χ2n) is 4.93. The number of hydrogen-bond donors (Lipinski definition) is 1. The minimum absolute atomic E-state index is 0.0458. The quantitative estimate of drug-likeness (QED) is 0.856. The maximum atomic E-state index is 11.7. The average Bonchev–Trinajstić information content (AvgIpc) is 2.52. The van der Waals surface area contributed by atoms with Crippen molar-refractivity contribution >= 4 is 18.2 Å². The molecule has 21 heavy (non-hydrogen) atoms. The molecular formula is C18H17N2O+. The Bertz CT molecular complexity index is 675. The summed E-state index contributed by atoms with van der Waals surface area (Å²) < 4.78 is 1.87. The van der Waals surface area contributed by atoms with Gasteiger partial charge in [0.05, 0.1) is 0 Å². The molecule has 3 rings (SSSR count). The maximum absolute atomic E-state index is 11.7. The molecule has 2 aromatic rings. The molecule has 104 valence electrons. The van der Waals surface area contributed by atoms with E-state index in [0.29, 0.717) is 0 Å². The summed E-state index contributed by atoms with van der Waals surface area (Å²) in [4.78, 5) is 11.7. The number of hydrazone groups is 1. The minimum Gasteiger partial charge on any atom is -0.261 e. The maximum Gasteiger partial charge on any atom is 0.350 e. The number of amides is 1. The van der Waals surface area contributed by atoms with Crippen LogP contribution in [0.5, 0.6) is 0 Å². The number of carbonyl (C=O) groups is 1. The molecule has 0 saturated carbocycles. The van der Waals surface area contributed by atoms with Crippen LogP contribution in [0.2, 0.25) is 0 Å². The van der Waals surface area contributed by atoms with Crippen molar-refractivity contribution in [1.82, 2.24) is 5.43 Å². The van der Waals surface area contributed by atoms with Crippen molar-refractivity contribution < 1.29 is 9.48 Å². The zero-order valence-electron chi connectivity index (χ0n) is 11.6. The van der Waals surface area contributed by atoms with Gasteiger partial charge in [-0.3, -0.25) is 4.79 Å². The number of hydrogen-bond acceptors (Lipinski definition) is 1. The third-order valence-corrected chi connectivity index (χ3v) is 3.43. The van der Waals surface area contributed by atoms with E-state index in [2.05, 4.69) is 29.7 Å². The van der Waals surface area contributed by atoms with E-state index >= 15 is 0 Å². The van der Waals surface area contributed by atoms with Crippen molar-refractivity contribution in [3.05, 3.63) is 77.9 Å². The smallest absolute Gasteiger partial charge is 0.261 e. The van der Waals surface area contributed by atoms with E-state index in [4.69, 9.17) is 0 Å². The van der Waals surface area contributed by atoms with E-state index in [-0.39, 0.29) is 11.9 Å². The van der Waals surface area contributed by atoms with Crippen LogP contribution in [0.15, 0.2) is 66.7 Å². The van der Waals surface area contributed by atoms with Crippen molar-refractivity contribution in [3.8, 4) is 0 Å². The van der Waals surface area contributed by atoms with Gasteiger partial charge in [0, 0.05) is 12.0 Å². The Morgan fingerprint density at radius 2 is 1.67 bits per heavy atom. The van der Waals surface area contributed by atoms with Gasteiger partial charge >= 0.3 is 5.91 Å². The summed E-state index contributed by atoms with van der Waals surface area (Å²) in [5.74, 6) is 0.0458. The molecule has 0 bridgehead atoms. The summed E-state index contributed by atoms with van der Waals surface area (Å²) in [7, 11) is 0. The zero-order chi connectivity index (χ0) is 14.5. The fraction of sp³-hybridized carbons (Fsp3) is 0.111. The Morgan fingerprint density at radius 1 is 1.00 bits per heavy atom. The summed E-state index contributed by atoms with van der Waals surface area (Å²) in [5, 5.41) is 0. The normalized spacial score (nSPS) is 19.5. The lowest BCUT2D eigenvalue weighted by Gasteiger charge is -2.22. The standard InChI is InChI=1S/C18H16N2O/c21-18-17(16-12-5-2-6-13-16)20(19-18)14-8-7-11-15-9-3-1-4-10-15/h1-7,9-14,17H,8H2/p+1/b11-7-,20-14-. The fourth-order valence-corrected chi connectivity index (χ4v) is 2.35. The van der Waals surface area contributed by atoms with Gasteiger partial charge in [-0.05, 0) is 5.56 Å². The van der Waals surface area contributed by atoms with Gasteiger partial charge in [-0.25, -0.2) is 0 Å². The Labute approximate surface area is 124 Å². The average molecular weight is 277 g/mol. The number of hydrazine groups is 1. The number of benzene rings is 2. The minimum atomic E-state index is -0.198. The molecule has 1 saturated heterocycles. The topological polar surface area (TPSA) is 32.1 Å². The molecule has 3 heteroatoms. The van der Waals surface area contributed by atoms with Crippen LogP contribution >= 0.6 is 0 Å². The first-order valence-electron chi connectivity index (χ1n) is 7.03. The Kier molecular flexibility index (Phi) is 3.92. The molecule has 1 aliphatic rings. The van der Waals surface area contributed by atoms with Gasteiger partial charge in [-0.1, -0.05) is 72.8 Å². The van der Waals surface area contributed by atoms with Crippen molar-refractivity contribution in [1.29, 1.82) is 0 Å². The number of rotatable bonds is 4. The molecule has 1 unspecified atom stereocenters. The van der Waals surface area contributed by atoms with Gasteiger partial charge < -0.3 is 0 Å². The van der Waals surface area contributed by atoms with E-state index in [9.17, 15) is 4.79 Å². The molecule has 1 amide bonds. The highest BCUT2D eigenvalue weighted by Crippen LogP contribution is 2.21. The van der Waals surface area contributed by atoms with Crippen LogP contribution in [0, 0.1) is 0 Å². The molecule has 3 nitrogen and oxygen atoms in total. The molecule has 0 aromatic heterocycles. The number of allylic oxidation sites excluding steroid dienone is 1. The first-order valence-corrected chi connectivity index (χ1v) is 7.03. The van der Waals surface area contributed by atoms with Crippen molar-refractivity contribution in [2.75, 3.05) is 0 Å². The first-order chi connectivity index (χ1) is 10.3. The molecule has 0 spiro atoms. The van der Waals surface area contributed by atoms with Crippen LogP contribution < -0.4 is 5.43 Å². The molecular weight excluding hydrogens is 260 g/mol. The summed E-state index contributed by atoms with van der Waals surface area (Å²) in [6.45, 7) is 0. The van der Waals surface area contributed by atoms with Crippen LogP contribution in [0.25, 0.3) is 6.08 Å². The van der Waals surface area contributed by atoms with Gasteiger partial charge in [-0.2, -0.15) is 0 Å². The predicted molar refractivity (Wildman–Crippen MR) is 83.7 cm³/mol. The lowest BCUT2D eigenvalue weighted by atomic mass is 10.0. The largest absolute Gasteiger partial charge is 0.350 e. The van der Waals surface area contributed by atoms with Gasteiger partial charge in [0.25, 0.3) is 6.04 Å². The van der Waals surface area contributed by atoms with Crippen LogP contribution in [0.4, 0.5) is 0 Å². The third kappa shape index (κ3) is 3.08. The monoisotopic (exact) mass is 277 g/mol. The van der Waals surface area contributed by atoms with Gasteiger partial charge in [0.15, 0.2) is 6.21 Å². The second kappa shape index (κ2) is 6.18. The van der Waals surface area contributed by atoms with Crippen LogP contribution in [0.1, 0.15) is 23.6 Å². The SMILES string of the molecule is O=C1N/[N+](=C\C/C=C\c2ccccc2)C1c1ccccc1. The molecule has 0 radical (unpaired) electrons. The molecule has 2 aromatic carbocycles. The molecule has 1 heterocycles. The van der Waals surface area contributed by atoms with Crippen molar-refractivity contribution in [2.24, 2.45) is 0 Å². The van der Waals surface area contributed by atoms with Crippen LogP contribution in [-0.4, -0.2) is 16.8 Å². The molecule has 1 fully saturated rings. The van der Waals surface area contributed by atoms with Crippen molar-refractivity contribution in [3.63, 3.8) is 0 Å². The third-order valence-electron chi connectivity index (χ3n) is 3.43. The van der Waals surface area contributed by atoms with Gasteiger partial charge in [0.2, 0.25) is 0 Å². The lowest BCUT2D eigenvalue weighted by Crippen LogP contribution is -2.55. The summed E-state index contributed by atoms with van der Waals surface area (Å²) >= 11 is 0. The predicted octanol–water partition coefficient (Wildman–Crippen LogP) is 2.96. The fourth-order valence-electron chi connectivity index (χ4n) is 2.35. The van der Waals surface area contributed by atoms with E-state index in [1.54, 1.807) is 0 Å². The van der Waals surface area contributed by atoms with E-state index < -0.39 is 0 Å². The lowest BCUT2D eigenvalue weighted by molar-refractivity contribution is -0.641. The summed E-state index contributed by atoms with van der Waals surface area (Å²) in [6.07, 6.45) is 6.94. The Hall–Kier alpha value is -2.68. The highest BCUT2D eigenvalue weighted by molar-refractivity contribution is 5.85. The van der Waals surface area contributed by atoms with E-state index in [1.807, 2.05) is 59.4 Å². The van der Waals surface area contributed by atoms with Crippen LogP contribution in [0.3, 0.4) is 0 Å². The zero-order valence-corrected chi connectivity index (χ0v) is 11.6. The van der Waals surface area contributed by atoms with E-state index in [0.717, 1.165) is 12.0 Å². The molecule has 1 aliphatic heterocycles. The van der Waals surface area contributed by atoms with Gasteiger partial charge in [0.1, 0.15) is 0 Å².